The smallest absolute Gasteiger partial charge is 0.341 e. The Labute approximate surface area is 107 Å². The van der Waals surface area contributed by atoms with Crippen LogP contribution in [-0.2, 0) is 9.84 Å². The number of anilines is 1. The fourth-order valence-corrected chi connectivity index (χ4v) is 2.17. The van der Waals surface area contributed by atoms with Gasteiger partial charge in [-0.1, -0.05) is 12.1 Å². The summed E-state index contributed by atoms with van der Waals surface area (Å²) in [5.74, 6) is -3.62. The van der Waals surface area contributed by atoms with Crippen molar-refractivity contribution in [3.8, 4) is 0 Å². The van der Waals surface area contributed by atoms with E-state index in [1.807, 2.05) is 0 Å². The number of sulfone groups is 1. The molecule has 1 rings (SSSR count). The zero-order valence-electron chi connectivity index (χ0n) is 9.43. The fourth-order valence-electron chi connectivity index (χ4n) is 1.26. The van der Waals surface area contributed by atoms with Crippen molar-refractivity contribution < 1.29 is 31.1 Å². The Morgan fingerprint density at radius 1 is 1.16 bits per heavy atom. The molecule has 19 heavy (non-hydrogen) atoms. The highest BCUT2D eigenvalue weighted by atomic mass is 32.2. The summed E-state index contributed by atoms with van der Waals surface area (Å²) in [7, 11) is -4.84. The maximum absolute atomic E-state index is 12.4. The lowest BCUT2D eigenvalue weighted by molar-refractivity contribution is 0.00382. The van der Waals surface area contributed by atoms with Gasteiger partial charge in [0.15, 0.2) is 0 Å². The summed E-state index contributed by atoms with van der Waals surface area (Å²) >= 11 is 0. The number of para-hydroxylation sites is 1. The Hall–Kier alpha value is -1.35. The first-order chi connectivity index (χ1) is 8.76. The second kappa shape index (κ2) is 6.20. The molecule has 1 aromatic rings. The molecule has 1 unspecified atom stereocenters. The molecular weight excluding hydrogens is 290 g/mol. The van der Waals surface area contributed by atoms with Crippen molar-refractivity contribution in [3.05, 3.63) is 24.3 Å². The van der Waals surface area contributed by atoms with Gasteiger partial charge in [-0.2, -0.15) is 8.78 Å². The number of rotatable bonds is 6. The predicted molar refractivity (Wildman–Crippen MR) is 60.1 cm³/mol. The number of hydrogen-bond donors (Lipinski definition) is 2. The van der Waals surface area contributed by atoms with E-state index >= 15 is 0 Å². The molecule has 2 N–H and O–H groups in total. The molecule has 1 aromatic carbocycles. The van der Waals surface area contributed by atoms with E-state index < -0.39 is 39.6 Å². The van der Waals surface area contributed by atoms with Crippen LogP contribution in [0.25, 0.3) is 0 Å². The normalized spacial score (nSPS) is 13.8. The first-order valence-electron chi connectivity index (χ1n) is 5.08. The molecule has 0 radical (unpaired) electrons. The predicted octanol–water partition coefficient (Wildman–Crippen LogP) is 1.72. The average molecular weight is 301 g/mol. The minimum Gasteiger partial charge on any atom is -0.385 e. The highest BCUT2D eigenvalue weighted by Gasteiger charge is 2.29. The van der Waals surface area contributed by atoms with Gasteiger partial charge in [-0.25, -0.2) is 17.2 Å². The van der Waals surface area contributed by atoms with E-state index in [0.717, 1.165) is 12.1 Å². The van der Waals surface area contributed by atoms with Crippen LogP contribution >= 0.6 is 0 Å². The molecular formula is C10H11F4NO3S. The third-order valence-electron chi connectivity index (χ3n) is 2.22. The summed E-state index contributed by atoms with van der Waals surface area (Å²) in [4.78, 5) is -0.702. The highest BCUT2D eigenvalue weighted by molar-refractivity contribution is 7.91. The Balaban J connectivity index is 2.98. The van der Waals surface area contributed by atoms with Crippen molar-refractivity contribution in [3.63, 3.8) is 0 Å². The van der Waals surface area contributed by atoms with Crippen LogP contribution in [0.2, 0.25) is 0 Å². The summed E-state index contributed by atoms with van der Waals surface area (Å²) in [5.41, 5.74) is -0.262. The van der Waals surface area contributed by atoms with Crippen molar-refractivity contribution in [1.82, 2.24) is 0 Å². The van der Waals surface area contributed by atoms with Gasteiger partial charge < -0.3 is 10.4 Å². The van der Waals surface area contributed by atoms with Gasteiger partial charge in [-0.05, 0) is 12.1 Å². The summed E-state index contributed by atoms with van der Waals surface area (Å²) in [5, 5.41) is 11.1. The number of alkyl halides is 4. The van der Waals surface area contributed by atoms with Gasteiger partial charge in [0, 0.05) is 6.54 Å². The van der Waals surface area contributed by atoms with Gasteiger partial charge in [0.2, 0.25) is 9.84 Å². The summed E-state index contributed by atoms with van der Waals surface area (Å²) in [6.45, 7) is -0.659. The topological polar surface area (TPSA) is 66.4 Å². The van der Waals surface area contributed by atoms with Crippen LogP contribution in [0, 0.1) is 0 Å². The molecule has 4 nitrogen and oxygen atoms in total. The van der Waals surface area contributed by atoms with Gasteiger partial charge in [-0.15, -0.1) is 0 Å². The van der Waals surface area contributed by atoms with Crippen molar-refractivity contribution in [1.29, 1.82) is 0 Å². The average Bonchev–Trinajstić information content (AvgIpc) is 2.35. The van der Waals surface area contributed by atoms with E-state index in [1.54, 1.807) is 0 Å². The van der Waals surface area contributed by atoms with Crippen molar-refractivity contribution in [2.24, 2.45) is 0 Å². The molecule has 0 saturated carbocycles. The third kappa shape index (κ3) is 3.80. The van der Waals surface area contributed by atoms with Gasteiger partial charge in [-0.3, -0.25) is 0 Å². The molecule has 0 aliphatic heterocycles. The van der Waals surface area contributed by atoms with E-state index in [1.165, 1.54) is 12.1 Å². The van der Waals surface area contributed by atoms with Gasteiger partial charge >= 0.3 is 5.76 Å². The van der Waals surface area contributed by atoms with E-state index in [9.17, 15) is 26.0 Å². The van der Waals surface area contributed by atoms with Crippen LogP contribution in [0.3, 0.4) is 0 Å². The number of hydrogen-bond acceptors (Lipinski definition) is 4. The fraction of sp³-hybridized carbons (Fsp3) is 0.400. The lowest BCUT2D eigenvalue weighted by Crippen LogP contribution is -2.27. The maximum atomic E-state index is 12.4. The van der Waals surface area contributed by atoms with E-state index in [4.69, 9.17) is 5.11 Å². The lowest BCUT2D eigenvalue weighted by Gasteiger charge is -2.14. The van der Waals surface area contributed by atoms with E-state index in [-0.39, 0.29) is 5.69 Å². The Morgan fingerprint density at radius 2 is 1.74 bits per heavy atom. The van der Waals surface area contributed by atoms with Crippen molar-refractivity contribution >= 4 is 15.5 Å². The molecule has 0 aromatic heterocycles. The standard InChI is InChI=1S/C10H11F4NO3S/c11-9(12)7(16)5-15-6-3-1-2-4-8(6)19(17,18)10(13)14/h1-4,7,9-10,15-16H,5H2. The highest BCUT2D eigenvalue weighted by Crippen LogP contribution is 2.26. The Kier molecular flexibility index (Phi) is 5.12. The zero-order chi connectivity index (χ0) is 14.6. The summed E-state index contributed by atoms with van der Waals surface area (Å²) in [6, 6.07) is 4.65. The second-order valence-corrected chi connectivity index (χ2v) is 5.47. The van der Waals surface area contributed by atoms with Crippen LogP contribution in [0.5, 0.6) is 0 Å². The summed E-state index contributed by atoms with van der Waals surface area (Å²) < 4.78 is 71.6. The third-order valence-corrected chi connectivity index (χ3v) is 3.66. The van der Waals surface area contributed by atoms with Gasteiger partial charge in [0.25, 0.3) is 6.43 Å². The molecule has 0 heterocycles. The van der Waals surface area contributed by atoms with E-state index in [2.05, 4.69) is 5.32 Å². The molecule has 0 aliphatic rings. The van der Waals surface area contributed by atoms with Gasteiger partial charge in [0.1, 0.15) is 6.10 Å². The minimum absolute atomic E-state index is 0.262. The molecule has 0 spiro atoms. The molecule has 0 saturated heterocycles. The Morgan fingerprint density at radius 3 is 2.26 bits per heavy atom. The largest absolute Gasteiger partial charge is 0.385 e. The van der Waals surface area contributed by atoms with Crippen LogP contribution in [0.4, 0.5) is 23.2 Å². The van der Waals surface area contributed by atoms with E-state index in [0.29, 0.717) is 0 Å². The second-order valence-electron chi connectivity index (χ2n) is 3.58. The minimum atomic E-state index is -4.84. The van der Waals surface area contributed by atoms with Crippen LogP contribution in [-0.4, -0.2) is 38.4 Å². The SMILES string of the molecule is O=S(=O)(c1ccccc1NCC(O)C(F)F)C(F)F. The lowest BCUT2D eigenvalue weighted by atomic mass is 10.3. The molecule has 0 amide bonds. The summed E-state index contributed by atoms with van der Waals surface area (Å²) in [6.07, 6.45) is -5.05. The number of halogens is 4. The number of benzene rings is 1. The first-order valence-corrected chi connectivity index (χ1v) is 6.62. The first kappa shape index (κ1) is 15.7. The Bertz CT molecular complexity index is 521. The molecule has 0 fully saturated rings. The van der Waals surface area contributed by atoms with Crippen LogP contribution in [0.15, 0.2) is 29.2 Å². The van der Waals surface area contributed by atoms with Crippen molar-refractivity contribution in [2.45, 2.75) is 23.2 Å². The number of nitrogens with one attached hydrogen (secondary N) is 1. The monoisotopic (exact) mass is 301 g/mol. The van der Waals surface area contributed by atoms with Crippen LogP contribution < -0.4 is 5.32 Å². The molecule has 0 bridgehead atoms. The molecule has 0 aliphatic carbocycles. The number of aliphatic hydroxyl groups excluding tert-OH is 1. The maximum Gasteiger partial charge on any atom is 0.341 e. The molecule has 1 atom stereocenters. The molecule has 9 heteroatoms. The van der Waals surface area contributed by atoms with Gasteiger partial charge in [0.05, 0.1) is 10.6 Å². The quantitative estimate of drug-likeness (QED) is 0.785. The molecule has 108 valence electrons. The van der Waals surface area contributed by atoms with Crippen molar-refractivity contribution in [2.75, 3.05) is 11.9 Å². The van der Waals surface area contributed by atoms with Crippen LogP contribution in [0.1, 0.15) is 0 Å². The number of aliphatic hydroxyl groups is 1. The zero-order valence-corrected chi connectivity index (χ0v) is 10.2.